The molecule has 2 aliphatic rings. The Balaban J connectivity index is 1.68. The fraction of sp³-hybridized carbons (Fsp3) is 0.316. The fourth-order valence-corrected chi connectivity index (χ4v) is 3.13. The number of benzene rings is 1. The first-order valence-electron chi connectivity index (χ1n) is 8.32. The van der Waals surface area contributed by atoms with Crippen molar-refractivity contribution in [3.63, 3.8) is 0 Å². The van der Waals surface area contributed by atoms with Gasteiger partial charge in [-0.15, -0.1) is 11.6 Å². The molecule has 5 nitrogen and oxygen atoms in total. The van der Waals surface area contributed by atoms with Gasteiger partial charge in [-0.2, -0.15) is 0 Å². The van der Waals surface area contributed by atoms with E-state index in [1.54, 1.807) is 23.1 Å². The Hall–Kier alpha value is -1.91. The minimum atomic E-state index is -0.327. The molecule has 1 saturated heterocycles. The van der Waals surface area contributed by atoms with E-state index in [0.29, 0.717) is 35.3 Å². The zero-order valence-corrected chi connectivity index (χ0v) is 16.8. The van der Waals surface area contributed by atoms with Gasteiger partial charge < -0.3 is 14.5 Å². The molecule has 1 aromatic rings. The van der Waals surface area contributed by atoms with E-state index in [1.807, 2.05) is 25.1 Å². The number of allylic oxidation sites excluding steroid dienone is 4. The maximum absolute atomic E-state index is 11.6. The van der Waals surface area contributed by atoms with Crippen LogP contribution in [0.15, 0.2) is 52.7 Å². The Labute approximate surface area is 172 Å². The first-order valence-corrected chi connectivity index (χ1v) is 9.51. The molecule has 0 bridgehead atoms. The Morgan fingerprint density at radius 2 is 2.22 bits per heavy atom. The van der Waals surface area contributed by atoms with Gasteiger partial charge in [-0.3, -0.25) is 0 Å². The summed E-state index contributed by atoms with van der Waals surface area (Å²) in [5.74, 6) is 2.84. The summed E-state index contributed by atoms with van der Waals surface area (Å²) < 4.78 is 4.94. The molecule has 27 heavy (non-hydrogen) atoms. The lowest BCUT2D eigenvalue weighted by Gasteiger charge is -2.19. The summed E-state index contributed by atoms with van der Waals surface area (Å²) in [7, 11) is 0. The van der Waals surface area contributed by atoms with Crippen molar-refractivity contribution in [2.24, 2.45) is 5.16 Å². The summed E-state index contributed by atoms with van der Waals surface area (Å²) in [4.78, 5) is 18.7. The maximum atomic E-state index is 11.6. The molecule has 2 atom stereocenters. The van der Waals surface area contributed by atoms with Crippen molar-refractivity contribution in [1.82, 2.24) is 4.90 Å². The number of rotatable bonds is 5. The van der Waals surface area contributed by atoms with Crippen molar-refractivity contribution in [2.75, 3.05) is 19.7 Å². The molecule has 0 saturated carbocycles. The van der Waals surface area contributed by atoms with Gasteiger partial charge in [0.25, 0.3) is 0 Å². The van der Waals surface area contributed by atoms with Crippen LogP contribution in [0.4, 0.5) is 4.79 Å². The Bertz CT molecular complexity index is 860. The molecule has 1 amide bonds. The number of amides is 1. The van der Waals surface area contributed by atoms with Gasteiger partial charge in [0, 0.05) is 18.0 Å². The fourth-order valence-electron chi connectivity index (χ4n) is 2.62. The number of nitrogens with zero attached hydrogens (tertiary/aromatic N) is 2. The molecule has 8 heteroatoms. The monoisotopic (exact) mass is 426 g/mol. The van der Waals surface area contributed by atoms with Crippen LogP contribution in [0, 0.1) is 0 Å². The first kappa shape index (κ1) is 19.8. The molecule has 3 rings (SSSR count). The van der Waals surface area contributed by atoms with Gasteiger partial charge in [-0.25, -0.2) is 4.79 Å². The number of cyclic esters (lactones) is 1. The molecule has 1 fully saturated rings. The summed E-state index contributed by atoms with van der Waals surface area (Å²) in [6.45, 7) is 3.21. The van der Waals surface area contributed by atoms with E-state index < -0.39 is 0 Å². The third kappa shape index (κ3) is 5.08. The Morgan fingerprint density at radius 1 is 1.41 bits per heavy atom. The van der Waals surface area contributed by atoms with E-state index in [-0.39, 0.29) is 17.6 Å². The summed E-state index contributed by atoms with van der Waals surface area (Å²) in [6.07, 6.45) is 4.83. The predicted molar refractivity (Wildman–Crippen MR) is 107 cm³/mol. The van der Waals surface area contributed by atoms with E-state index >= 15 is 0 Å². The molecule has 1 aliphatic heterocycles. The summed E-state index contributed by atoms with van der Waals surface area (Å²) in [5.41, 5.74) is 2.42. The molecule has 2 unspecified atom stereocenters. The van der Waals surface area contributed by atoms with E-state index in [1.165, 1.54) is 0 Å². The molecule has 1 aromatic carbocycles. The molecule has 142 valence electrons. The van der Waals surface area contributed by atoms with Gasteiger partial charge >= 0.3 is 6.09 Å². The number of halogens is 3. The van der Waals surface area contributed by atoms with Gasteiger partial charge in [0.15, 0.2) is 6.10 Å². The van der Waals surface area contributed by atoms with Crippen LogP contribution in [0.25, 0.3) is 0 Å². The molecule has 1 heterocycles. The lowest BCUT2D eigenvalue weighted by Crippen LogP contribution is -2.29. The molecular weight excluding hydrogens is 411 g/mol. The summed E-state index contributed by atoms with van der Waals surface area (Å²) in [6, 6.07) is 5.28. The standard InChI is InChI=1S/C19H17Cl3N2O3/c1-12(14-3-5-17(21)18(22)9-14)27-23-10-13-2-4-16(20)15(8-13)11-24-6-7-26-19(24)25/h2-5,8-9,12,16H,6-7,11H2,1H3. The summed E-state index contributed by atoms with van der Waals surface area (Å²) in [5, 5.41) is 4.58. The van der Waals surface area contributed by atoms with Crippen LogP contribution in [0.1, 0.15) is 18.6 Å². The first-order chi connectivity index (χ1) is 12.9. The van der Waals surface area contributed by atoms with E-state index in [2.05, 4.69) is 11.0 Å². The van der Waals surface area contributed by atoms with Crippen LogP contribution in [-0.2, 0) is 9.57 Å². The highest BCUT2D eigenvalue weighted by atomic mass is 35.5. The number of ether oxygens (including phenoxy) is 1. The van der Waals surface area contributed by atoms with Crippen LogP contribution in [-0.4, -0.2) is 41.9 Å². The van der Waals surface area contributed by atoms with Crippen LogP contribution in [0.2, 0.25) is 10.0 Å². The zero-order valence-electron chi connectivity index (χ0n) is 14.5. The molecule has 0 aromatic heterocycles. The molecule has 0 radical (unpaired) electrons. The van der Waals surface area contributed by atoms with Crippen molar-refractivity contribution >= 4 is 46.8 Å². The second-order valence-electron chi connectivity index (χ2n) is 6.10. The Morgan fingerprint density at radius 3 is 2.93 bits per heavy atom. The highest BCUT2D eigenvalue weighted by Crippen LogP contribution is 2.27. The number of carbonyl (C=O) groups is 1. The molecule has 1 aliphatic carbocycles. The highest BCUT2D eigenvalue weighted by molar-refractivity contribution is 6.42. The van der Waals surface area contributed by atoms with Crippen LogP contribution >= 0.6 is 34.8 Å². The van der Waals surface area contributed by atoms with E-state index in [4.69, 9.17) is 44.4 Å². The SMILES string of the molecule is CC(ON=C=C1C=CC(Cl)C(CN2CCOC2=O)=C1)c1ccc(Cl)c(Cl)c1. The van der Waals surface area contributed by atoms with E-state index in [0.717, 1.165) is 11.1 Å². The van der Waals surface area contributed by atoms with E-state index in [9.17, 15) is 4.79 Å². The van der Waals surface area contributed by atoms with Crippen molar-refractivity contribution < 1.29 is 14.4 Å². The zero-order chi connectivity index (χ0) is 19.4. The van der Waals surface area contributed by atoms with Crippen molar-refractivity contribution in [3.05, 3.63) is 63.2 Å². The lowest BCUT2D eigenvalue weighted by atomic mass is 10.0. The Kier molecular flexibility index (Phi) is 6.51. The van der Waals surface area contributed by atoms with Crippen molar-refractivity contribution in [1.29, 1.82) is 0 Å². The van der Waals surface area contributed by atoms with Crippen LogP contribution in [0.3, 0.4) is 0 Å². The van der Waals surface area contributed by atoms with Gasteiger partial charge in [0.05, 0.1) is 22.0 Å². The number of carbonyl (C=O) groups excluding carboxylic acids is 1. The van der Waals surface area contributed by atoms with Crippen molar-refractivity contribution in [2.45, 2.75) is 18.4 Å². The van der Waals surface area contributed by atoms with Gasteiger partial charge in [0.2, 0.25) is 0 Å². The second kappa shape index (κ2) is 8.85. The third-order valence-corrected chi connectivity index (χ3v) is 5.32. The normalized spacial score (nSPS) is 20.1. The van der Waals surface area contributed by atoms with Crippen molar-refractivity contribution in [3.8, 4) is 0 Å². The topological polar surface area (TPSA) is 51.1 Å². The average molecular weight is 428 g/mol. The minimum absolute atomic E-state index is 0.292. The number of alkyl halides is 1. The number of hydrogen-bond acceptors (Lipinski definition) is 4. The molecule has 0 N–H and O–H groups in total. The highest BCUT2D eigenvalue weighted by Gasteiger charge is 2.25. The smallest absolute Gasteiger partial charge is 0.410 e. The predicted octanol–water partition coefficient (Wildman–Crippen LogP) is 5.14. The second-order valence-corrected chi connectivity index (χ2v) is 7.38. The van der Waals surface area contributed by atoms with Gasteiger partial charge in [0.1, 0.15) is 6.61 Å². The molecular formula is C19H17Cl3N2O3. The largest absolute Gasteiger partial charge is 0.448 e. The lowest BCUT2D eigenvalue weighted by molar-refractivity contribution is 0.0741. The molecule has 0 spiro atoms. The minimum Gasteiger partial charge on any atom is -0.448 e. The van der Waals surface area contributed by atoms with Gasteiger partial charge in [-0.05, 0) is 47.5 Å². The maximum Gasteiger partial charge on any atom is 0.410 e. The number of hydrogen-bond donors (Lipinski definition) is 0. The van der Waals surface area contributed by atoms with Crippen LogP contribution in [0.5, 0.6) is 0 Å². The van der Waals surface area contributed by atoms with Crippen LogP contribution < -0.4 is 0 Å². The quantitative estimate of drug-likeness (QED) is 0.371. The average Bonchev–Trinajstić information content (AvgIpc) is 3.04. The van der Waals surface area contributed by atoms with Gasteiger partial charge in [-0.1, -0.05) is 35.3 Å². The summed E-state index contributed by atoms with van der Waals surface area (Å²) >= 11 is 18.2. The third-order valence-electron chi connectivity index (χ3n) is 4.16.